The van der Waals surface area contributed by atoms with Crippen molar-refractivity contribution in [1.29, 1.82) is 0 Å². The van der Waals surface area contributed by atoms with Crippen molar-refractivity contribution >= 4 is 21.6 Å². The van der Waals surface area contributed by atoms with Gasteiger partial charge in [-0.3, -0.25) is 0 Å². The maximum absolute atomic E-state index is 14.9. The van der Waals surface area contributed by atoms with Crippen LogP contribution in [0.15, 0.2) is 38.4 Å². The molecule has 2 heterocycles. The maximum atomic E-state index is 14.9. The van der Waals surface area contributed by atoms with E-state index >= 15 is 0 Å². The van der Waals surface area contributed by atoms with Gasteiger partial charge in [-0.1, -0.05) is 24.6 Å². The van der Waals surface area contributed by atoms with Gasteiger partial charge in [0.15, 0.2) is 0 Å². The molecule has 0 fully saturated rings. The van der Waals surface area contributed by atoms with Crippen LogP contribution < -0.4 is 15.2 Å². The number of nitrogens with zero attached hydrogens (tertiary/aromatic N) is 1. The first kappa shape index (κ1) is 24.4. The third kappa shape index (κ3) is 4.36. The number of halogens is 2. The fourth-order valence-corrected chi connectivity index (χ4v) is 5.85. The van der Waals surface area contributed by atoms with Crippen LogP contribution in [0.2, 0.25) is 5.02 Å². The molecule has 1 aliphatic heterocycles. The Hall–Kier alpha value is -2.73. The lowest BCUT2D eigenvalue weighted by Crippen LogP contribution is -2.33. The van der Waals surface area contributed by atoms with Crippen LogP contribution in [-0.4, -0.2) is 30.3 Å². The predicted octanol–water partition coefficient (Wildman–Crippen LogP) is 3.41. The number of hydrogen-bond acceptors (Lipinski definition) is 7. The lowest BCUT2D eigenvalue weighted by molar-refractivity contribution is 0.113. The number of rotatable bonds is 6. The molecule has 4 rings (SSSR count). The van der Waals surface area contributed by atoms with Crippen molar-refractivity contribution in [3.63, 3.8) is 0 Å². The highest BCUT2D eigenvalue weighted by molar-refractivity contribution is 7.89. The number of hydrogen-bond donors (Lipinski definition) is 3. The lowest BCUT2D eigenvalue weighted by Gasteiger charge is -2.27. The third-order valence-corrected chi connectivity index (χ3v) is 7.85. The molecule has 2 aromatic carbocycles. The van der Waals surface area contributed by atoms with E-state index in [9.17, 15) is 22.7 Å². The molecule has 3 unspecified atom stereocenters. The van der Waals surface area contributed by atoms with E-state index in [0.29, 0.717) is 5.56 Å². The molecule has 0 radical (unpaired) electrons. The first-order chi connectivity index (χ1) is 16.0. The van der Waals surface area contributed by atoms with Gasteiger partial charge in [-0.05, 0) is 48.7 Å². The highest BCUT2D eigenvalue weighted by atomic mass is 35.5. The van der Waals surface area contributed by atoms with Crippen LogP contribution in [0.3, 0.4) is 0 Å². The number of aromatic nitrogens is 2. The second kappa shape index (κ2) is 9.14. The van der Waals surface area contributed by atoms with Crippen molar-refractivity contribution in [2.75, 3.05) is 6.61 Å². The van der Waals surface area contributed by atoms with E-state index in [4.69, 9.17) is 20.8 Å². The van der Waals surface area contributed by atoms with Gasteiger partial charge in [-0.25, -0.2) is 22.7 Å². The monoisotopic (exact) mass is 511 g/mol. The minimum atomic E-state index is -4.35. The molecular weight excluding hydrogens is 489 g/mol. The van der Waals surface area contributed by atoms with Crippen molar-refractivity contribution in [2.24, 2.45) is 0 Å². The first-order valence-electron chi connectivity index (χ1n) is 10.5. The molecule has 0 amide bonds. The van der Waals surface area contributed by atoms with Crippen molar-refractivity contribution in [3.8, 4) is 5.75 Å². The third-order valence-electron chi connectivity index (χ3n) is 6.06. The summed E-state index contributed by atoms with van der Waals surface area (Å²) in [6.45, 7) is 5.23. The number of fused-ring (bicyclic) bond motifs is 1. The Morgan fingerprint density at radius 3 is 2.71 bits per heavy atom. The fourth-order valence-electron chi connectivity index (χ4n) is 4.14. The van der Waals surface area contributed by atoms with E-state index in [1.807, 2.05) is 6.92 Å². The average Bonchev–Trinajstić information content (AvgIpc) is 3.21. The van der Waals surface area contributed by atoms with Gasteiger partial charge >= 0.3 is 5.76 Å². The molecular formula is C22H23ClFN3O6S. The van der Waals surface area contributed by atoms with Gasteiger partial charge in [-0.15, -0.1) is 5.10 Å². The van der Waals surface area contributed by atoms with Crippen LogP contribution in [0.1, 0.15) is 59.6 Å². The smallest absolute Gasteiger partial charge is 0.434 e. The summed E-state index contributed by atoms with van der Waals surface area (Å²) in [7, 11) is -4.35. The summed E-state index contributed by atoms with van der Waals surface area (Å²) in [4.78, 5) is 11.4. The van der Waals surface area contributed by atoms with Crippen LogP contribution in [0.4, 0.5) is 4.39 Å². The van der Waals surface area contributed by atoms with E-state index in [0.717, 1.165) is 5.56 Å². The first-order valence-corrected chi connectivity index (χ1v) is 12.3. The van der Waals surface area contributed by atoms with E-state index in [2.05, 4.69) is 14.9 Å². The lowest BCUT2D eigenvalue weighted by atomic mass is 9.88. The number of benzene rings is 2. The molecule has 0 saturated heterocycles. The number of H-pyrrole nitrogens is 1. The molecule has 1 aliphatic rings. The summed E-state index contributed by atoms with van der Waals surface area (Å²) in [5.41, 5.74) is 1.86. The average molecular weight is 512 g/mol. The van der Waals surface area contributed by atoms with Crippen LogP contribution in [0, 0.1) is 19.7 Å². The van der Waals surface area contributed by atoms with Gasteiger partial charge in [0.2, 0.25) is 15.9 Å². The van der Waals surface area contributed by atoms with Gasteiger partial charge in [0.1, 0.15) is 22.5 Å². The second-order valence-corrected chi connectivity index (χ2v) is 10.3. The van der Waals surface area contributed by atoms with E-state index in [1.54, 1.807) is 19.9 Å². The number of aliphatic hydroxyl groups is 1. The maximum Gasteiger partial charge on any atom is 0.434 e. The molecule has 0 aliphatic carbocycles. The highest BCUT2D eigenvalue weighted by Gasteiger charge is 2.36. The van der Waals surface area contributed by atoms with Crippen molar-refractivity contribution in [3.05, 3.63) is 73.8 Å². The van der Waals surface area contributed by atoms with Gasteiger partial charge in [-0.2, -0.15) is 4.72 Å². The predicted molar refractivity (Wildman–Crippen MR) is 121 cm³/mol. The minimum absolute atomic E-state index is 0.0634. The SMILES string of the molecule is Cc1ccc(F)c(C(C)C(NS(=O)(=O)c2ccc(Cl)c3c2OCCC3O)c2n[nH]c(=O)o2)c1C. The van der Waals surface area contributed by atoms with E-state index in [1.165, 1.54) is 18.2 Å². The van der Waals surface area contributed by atoms with Gasteiger partial charge in [0, 0.05) is 17.9 Å². The Morgan fingerprint density at radius 2 is 2.03 bits per heavy atom. The largest absolute Gasteiger partial charge is 0.492 e. The van der Waals surface area contributed by atoms with Crippen LogP contribution >= 0.6 is 11.6 Å². The molecule has 182 valence electrons. The fraction of sp³-hybridized carbons (Fsp3) is 0.364. The molecule has 0 spiro atoms. The van der Waals surface area contributed by atoms with Crippen molar-refractivity contribution in [2.45, 2.75) is 50.2 Å². The molecule has 3 N–H and O–H groups in total. The van der Waals surface area contributed by atoms with Crippen LogP contribution in [-0.2, 0) is 10.0 Å². The molecule has 3 aromatic rings. The summed E-state index contributed by atoms with van der Waals surface area (Å²) in [6.07, 6.45) is -0.734. The Bertz CT molecular complexity index is 1400. The summed E-state index contributed by atoms with van der Waals surface area (Å²) < 4.78 is 55.0. The zero-order valence-electron chi connectivity index (χ0n) is 18.6. The van der Waals surface area contributed by atoms with Gasteiger partial charge in [0.05, 0.1) is 17.7 Å². The van der Waals surface area contributed by atoms with Gasteiger partial charge < -0.3 is 14.3 Å². The number of sulfonamides is 1. The minimum Gasteiger partial charge on any atom is -0.492 e. The Labute approximate surface area is 200 Å². The number of aliphatic hydroxyl groups excluding tert-OH is 1. The Kier molecular flexibility index (Phi) is 6.56. The number of ether oxygens (including phenoxy) is 1. The number of nitrogens with one attached hydrogen (secondary N) is 2. The van der Waals surface area contributed by atoms with Crippen molar-refractivity contribution in [1.82, 2.24) is 14.9 Å². The van der Waals surface area contributed by atoms with E-state index in [-0.39, 0.29) is 45.7 Å². The normalized spacial score (nSPS) is 17.6. The topological polar surface area (TPSA) is 135 Å². The summed E-state index contributed by atoms with van der Waals surface area (Å²) >= 11 is 6.18. The number of aromatic amines is 1. The Balaban J connectivity index is 1.82. The van der Waals surface area contributed by atoms with Crippen LogP contribution in [0.25, 0.3) is 0 Å². The Morgan fingerprint density at radius 1 is 1.29 bits per heavy atom. The quantitative estimate of drug-likeness (QED) is 0.461. The van der Waals surface area contributed by atoms with Gasteiger partial charge in [0.25, 0.3) is 0 Å². The zero-order chi connectivity index (χ0) is 24.8. The summed E-state index contributed by atoms with van der Waals surface area (Å²) in [5, 5.41) is 16.4. The summed E-state index contributed by atoms with van der Waals surface area (Å²) in [6, 6.07) is 4.27. The summed E-state index contributed by atoms with van der Waals surface area (Å²) in [5.74, 6) is -2.57. The van der Waals surface area contributed by atoms with Crippen molar-refractivity contribution < 1.29 is 27.1 Å². The number of aryl methyl sites for hydroxylation is 1. The molecule has 0 bridgehead atoms. The molecule has 0 saturated carbocycles. The molecule has 9 nitrogen and oxygen atoms in total. The molecule has 34 heavy (non-hydrogen) atoms. The molecule has 3 atom stereocenters. The standard InChI is InChI=1S/C22H23ClFN3O6S/c1-10-4-6-14(24)17(11(10)2)12(3)19(21-25-26-22(29)33-21)27-34(30,31)16-7-5-13(23)18-15(28)8-9-32-20(16)18/h4-7,12,15,19,27-28H,8-9H2,1-3H3,(H,26,29). The second-order valence-electron chi connectivity index (χ2n) is 8.18. The van der Waals surface area contributed by atoms with Crippen LogP contribution in [0.5, 0.6) is 5.75 Å². The molecule has 1 aromatic heterocycles. The molecule has 12 heteroatoms. The zero-order valence-corrected chi connectivity index (χ0v) is 20.1. The highest BCUT2D eigenvalue weighted by Crippen LogP contribution is 2.42. The van der Waals surface area contributed by atoms with E-state index < -0.39 is 39.7 Å².